The van der Waals surface area contributed by atoms with Gasteiger partial charge < -0.3 is 19.7 Å². The van der Waals surface area contributed by atoms with Crippen molar-refractivity contribution in [3.8, 4) is 0 Å². The molecule has 8 heteroatoms. The molecular weight excluding hydrogens is 406 g/mol. The molecule has 1 amide bonds. The van der Waals surface area contributed by atoms with Crippen molar-refractivity contribution in [1.29, 1.82) is 0 Å². The number of aliphatic hydroxyl groups excluding tert-OH is 1. The number of benzene rings is 1. The summed E-state index contributed by atoms with van der Waals surface area (Å²) in [5.74, 6) is -0.877. The van der Waals surface area contributed by atoms with E-state index in [9.17, 15) is 14.7 Å². The number of carbonyl (C=O) groups is 2. The van der Waals surface area contributed by atoms with Crippen LogP contribution in [-0.2, 0) is 16.1 Å². The Hall–Kier alpha value is -2.42. The SMILES string of the molecule is CCCCCC(O)c1ccc(N2CCOC2=O)cc1.COCc1ccc(C(=O)O)s1. The Bertz CT molecular complexity index is 804. The van der Waals surface area contributed by atoms with Gasteiger partial charge in [0, 0.05) is 17.7 Å². The first-order valence-corrected chi connectivity index (χ1v) is 10.8. The third-order valence-electron chi connectivity index (χ3n) is 4.59. The summed E-state index contributed by atoms with van der Waals surface area (Å²) in [6, 6.07) is 10.9. The molecule has 0 aliphatic carbocycles. The molecule has 30 heavy (non-hydrogen) atoms. The molecule has 3 rings (SSSR count). The second-order valence-corrected chi connectivity index (χ2v) is 8.04. The predicted octanol–water partition coefficient (Wildman–Crippen LogP) is 4.85. The Kier molecular flexibility index (Phi) is 9.79. The number of thiophene rings is 1. The highest BCUT2D eigenvalue weighted by atomic mass is 32.1. The molecule has 1 aliphatic rings. The molecule has 1 unspecified atom stereocenters. The fourth-order valence-corrected chi connectivity index (χ4v) is 3.79. The Morgan fingerprint density at radius 2 is 1.97 bits per heavy atom. The molecule has 164 valence electrons. The number of carbonyl (C=O) groups excluding carboxylic acids is 1. The van der Waals surface area contributed by atoms with Crippen LogP contribution in [0.1, 0.15) is 58.8 Å². The summed E-state index contributed by atoms with van der Waals surface area (Å²) < 4.78 is 9.74. The molecule has 1 fully saturated rings. The number of aliphatic hydroxyl groups is 1. The van der Waals surface area contributed by atoms with Crippen molar-refractivity contribution in [2.45, 2.75) is 45.3 Å². The van der Waals surface area contributed by atoms with Gasteiger partial charge in [0.1, 0.15) is 11.5 Å². The van der Waals surface area contributed by atoms with Gasteiger partial charge in [0.2, 0.25) is 0 Å². The van der Waals surface area contributed by atoms with Crippen LogP contribution in [-0.4, -0.2) is 42.5 Å². The molecule has 0 spiro atoms. The first-order valence-electron chi connectivity index (χ1n) is 9.99. The van der Waals surface area contributed by atoms with Crippen molar-refractivity contribution in [3.05, 3.63) is 51.7 Å². The third-order valence-corrected chi connectivity index (χ3v) is 5.64. The number of hydrogen-bond donors (Lipinski definition) is 2. The van der Waals surface area contributed by atoms with Crippen LogP contribution < -0.4 is 4.90 Å². The fourth-order valence-electron chi connectivity index (χ4n) is 2.97. The minimum Gasteiger partial charge on any atom is -0.477 e. The maximum atomic E-state index is 11.4. The summed E-state index contributed by atoms with van der Waals surface area (Å²) in [4.78, 5) is 24.7. The smallest absolute Gasteiger partial charge is 0.414 e. The zero-order valence-corrected chi connectivity index (χ0v) is 18.2. The number of unbranched alkanes of at least 4 members (excludes halogenated alkanes) is 2. The zero-order chi connectivity index (χ0) is 21.9. The highest BCUT2D eigenvalue weighted by Gasteiger charge is 2.23. The average Bonchev–Trinajstić information content (AvgIpc) is 3.38. The van der Waals surface area contributed by atoms with Gasteiger partial charge in [0.05, 0.1) is 19.3 Å². The fraction of sp³-hybridized carbons (Fsp3) is 0.455. The number of ether oxygens (including phenoxy) is 2. The Morgan fingerprint density at radius 1 is 1.23 bits per heavy atom. The van der Waals surface area contributed by atoms with Crippen LogP contribution in [0.2, 0.25) is 0 Å². The first-order chi connectivity index (χ1) is 14.5. The summed E-state index contributed by atoms with van der Waals surface area (Å²) >= 11 is 1.24. The monoisotopic (exact) mass is 435 g/mol. The van der Waals surface area contributed by atoms with Crippen LogP contribution in [0.4, 0.5) is 10.5 Å². The molecule has 2 N–H and O–H groups in total. The lowest BCUT2D eigenvalue weighted by Gasteiger charge is -2.15. The van der Waals surface area contributed by atoms with Crippen molar-refractivity contribution in [3.63, 3.8) is 0 Å². The van der Waals surface area contributed by atoms with Gasteiger partial charge in [0.25, 0.3) is 0 Å². The second kappa shape index (κ2) is 12.3. The van der Waals surface area contributed by atoms with Crippen LogP contribution in [0.25, 0.3) is 0 Å². The maximum Gasteiger partial charge on any atom is 0.414 e. The molecule has 1 aromatic heterocycles. The summed E-state index contributed by atoms with van der Waals surface area (Å²) in [6.45, 7) is 3.67. The lowest BCUT2D eigenvalue weighted by Crippen LogP contribution is -2.23. The third kappa shape index (κ3) is 7.12. The number of anilines is 1. The number of aromatic carboxylic acids is 1. The van der Waals surface area contributed by atoms with Gasteiger partial charge in [-0.25, -0.2) is 9.59 Å². The van der Waals surface area contributed by atoms with Crippen LogP contribution in [0, 0.1) is 0 Å². The summed E-state index contributed by atoms with van der Waals surface area (Å²) in [5.41, 5.74) is 1.74. The number of hydrogen-bond acceptors (Lipinski definition) is 6. The molecular formula is C22H29NO6S. The number of cyclic esters (lactones) is 1. The van der Waals surface area contributed by atoms with E-state index in [0.29, 0.717) is 24.6 Å². The van der Waals surface area contributed by atoms with Crippen molar-refractivity contribution in [2.75, 3.05) is 25.2 Å². The largest absolute Gasteiger partial charge is 0.477 e. The van der Waals surface area contributed by atoms with E-state index < -0.39 is 12.1 Å². The van der Waals surface area contributed by atoms with Crippen molar-refractivity contribution in [1.82, 2.24) is 0 Å². The average molecular weight is 436 g/mol. The number of nitrogens with zero attached hydrogens (tertiary/aromatic N) is 1. The van der Waals surface area contributed by atoms with E-state index in [4.69, 9.17) is 14.6 Å². The molecule has 1 saturated heterocycles. The predicted molar refractivity (Wildman–Crippen MR) is 116 cm³/mol. The number of carboxylic acid groups (broad SMARTS) is 1. The minimum atomic E-state index is -0.877. The maximum absolute atomic E-state index is 11.4. The van der Waals surface area contributed by atoms with Crippen LogP contribution in [0.15, 0.2) is 36.4 Å². The standard InChI is InChI=1S/C15H21NO3.C7H8O3S/c1-2-3-4-5-14(17)12-6-8-13(9-7-12)16-10-11-19-15(16)18;1-10-4-5-2-3-6(11-5)7(8)9/h6-9,14,17H,2-5,10-11H2,1H3;2-3H,4H2,1H3,(H,8,9). The van der Waals surface area contributed by atoms with Crippen LogP contribution >= 0.6 is 11.3 Å². The summed E-state index contributed by atoms with van der Waals surface area (Å²) in [5, 5.41) is 18.6. The molecule has 0 bridgehead atoms. The minimum absolute atomic E-state index is 0.295. The molecule has 7 nitrogen and oxygen atoms in total. The molecule has 0 saturated carbocycles. The molecule has 1 aromatic carbocycles. The van der Waals surface area contributed by atoms with Crippen molar-refractivity contribution < 1.29 is 29.3 Å². The van der Waals surface area contributed by atoms with E-state index in [1.165, 1.54) is 11.3 Å². The molecule has 0 radical (unpaired) electrons. The van der Waals surface area contributed by atoms with Gasteiger partial charge in [-0.1, -0.05) is 38.3 Å². The van der Waals surface area contributed by atoms with Gasteiger partial charge in [-0.15, -0.1) is 11.3 Å². The lowest BCUT2D eigenvalue weighted by molar-refractivity contribution is 0.0702. The molecule has 1 atom stereocenters. The van der Waals surface area contributed by atoms with Gasteiger partial charge in [0.15, 0.2) is 0 Å². The van der Waals surface area contributed by atoms with Gasteiger partial charge in [-0.2, -0.15) is 0 Å². The molecule has 2 heterocycles. The summed E-state index contributed by atoms with van der Waals surface area (Å²) in [7, 11) is 1.58. The Balaban J connectivity index is 0.000000248. The second-order valence-electron chi connectivity index (χ2n) is 6.87. The van der Waals surface area contributed by atoms with Gasteiger partial charge >= 0.3 is 12.1 Å². The van der Waals surface area contributed by atoms with Crippen molar-refractivity contribution in [2.24, 2.45) is 0 Å². The number of amides is 1. The van der Waals surface area contributed by atoms with Crippen molar-refractivity contribution >= 4 is 29.1 Å². The van der Waals surface area contributed by atoms with Crippen LogP contribution in [0.3, 0.4) is 0 Å². The topological polar surface area (TPSA) is 96.3 Å². The zero-order valence-electron chi connectivity index (χ0n) is 17.4. The molecule has 1 aliphatic heterocycles. The van der Waals surface area contributed by atoms with E-state index in [0.717, 1.165) is 41.8 Å². The highest BCUT2D eigenvalue weighted by Crippen LogP contribution is 2.24. The van der Waals surface area contributed by atoms with E-state index in [1.54, 1.807) is 24.1 Å². The highest BCUT2D eigenvalue weighted by molar-refractivity contribution is 7.13. The van der Waals surface area contributed by atoms with E-state index in [-0.39, 0.29) is 6.09 Å². The van der Waals surface area contributed by atoms with Gasteiger partial charge in [-0.05, 0) is 36.2 Å². The number of methoxy groups -OCH3 is 1. The van der Waals surface area contributed by atoms with Gasteiger partial charge in [-0.3, -0.25) is 4.90 Å². The van der Waals surface area contributed by atoms with E-state index in [1.807, 2.05) is 24.3 Å². The first kappa shape index (κ1) is 23.9. The normalized spacial score (nSPS) is 14.1. The van der Waals surface area contributed by atoms with Crippen LogP contribution in [0.5, 0.6) is 0 Å². The molecule has 2 aromatic rings. The van der Waals surface area contributed by atoms with E-state index >= 15 is 0 Å². The Labute approximate surface area is 180 Å². The summed E-state index contributed by atoms with van der Waals surface area (Å²) in [6.07, 6.45) is 3.43. The quantitative estimate of drug-likeness (QED) is 0.547. The lowest BCUT2D eigenvalue weighted by atomic mass is 10.0. The Morgan fingerprint density at radius 3 is 2.50 bits per heavy atom. The number of carboxylic acids is 1. The van der Waals surface area contributed by atoms with E-state index in [2.05, 4.69) is 6.92 Å². The number of rotatable bonds is 9.